The molecular formula is C18H21N5S. The van der Waals surface area contributed by atoms with Crippen LogP contribution in [0.25, 0.3) is 10.8 Å². The van der Waals surface area contributed by atoms with Gasteiger partial charge in [0.15, 0.2) is 0 Å². The Kier molecular flexibility index (Phi) is 5.15. The van der Waals surface area contributed by atoms with Crippen molar-refractivity contribution in [1.29, 1.82) is 0 Å². The van der Waals surface area contributed by atoms with E-state index in [1.165, 1.54) is 10.8 Å². The zero-order valence-corrected chi connectivity index (χ0v) is 14.9. The number of benzene rings is 2. The summed E-state index contributed by atoms with van der Waals surface area (Å²) in [4.78, 5) is 4.38. The Labute approximate surface area is 146 Å². The summed E-state index contributed by atoms with van der Waals surface area (Å²) in [5.41, 5.74) is 4.92. The van der Waals surface area contributed by atoms with Gasteiger partial charge in [-0.3, -0.25) is 0 Å². The quantitative estimate of drug-likeness (QED) is 0.393. The van der Waals surface area contributed by atoms with E-state index < -0.39 is 0 Å². The summed E-state index contributed by atoms with van der Waals surface area (Å²) in [7, 11) is 0. The van der Waals surface area contributed by atoms with Crippen molar-refractivity contribution in [2.45, 2.75) is 25.9 Å². The van der Waals surface area contributed by atoms with Crippen molar-refractivity contribution in [3.63, 3.8) is 0 Å². The Bertz CT molecular complexity index is 853. The number of aromatic amines is 1. The van der Waals surface area contributed by atoms with Gasteiger partial charge in [0.1, 0.15) is 0 Å². The molecule has 0 saturated heterocycles. The smallest absolute Gasteiger partial charge is 0.240 e. The zero-order chi connectivity index (χ0) is 16.9. The van der Waals surface area contributed by atoms with E-state index in [1.54, 1.807) is 11.8 Å². The monoisotopic (exact) mass is 339 g/mol. The molecule has 6 heteroatoms. The fourth-order valence-corrected chi connectivity index (χ4v) is 2.97. The standard InChI is InChI=1S/C18H21N5S/c1-12(2)11-24-18-19-17(22-23-18)21-20-13(3)15-9-8-14-6-4-5-7-16(14)10-15/h4-10,12H,11H2,1-3H3,(H2,19,21,22,23)/b20-13-. The molecule has 1 aromatic heterocycles. The molecule has 3 aromatic rings. The van der Waals surface area contributed by atoms with Gasteiger partial charge in [-0.15, -0.1) is 5.10 Å². The van der Waals surface area contributed by atoms with Crippen LogP contribution >= 0.6 is 11.8 Å². The number of thioether (sulfide) groups is 1. The van der Waals surface area contributed by atoms with Gasteiger partial charge < -0.3 is 0 Å². The first-order valence-electron chi connectivity index (χ1n) is 7.96. The maximum Gasteiger partial charge on any atom is 0.240 e. The highest BCUT2D eigenvalue weighted by Crippen LogP contribution is 2.18. The first kappa shape index (κ1) is 16.5. The molecule has 0 bridgehead atoms. The summed E-state index contributed by atoms with van der Waals surface area (Å²) in [5.74, 6) is 2.16. The van der Waals surface area contributed by atoms with Crippen molar-refractivity contribution in [1.82, 2.24) is 15.2 Å². The molecule has 0 aliphatic carbocycles. The summed E-state index contributed by atoms with van der Waals surface area (Å²) in [5, 5.41) is 14.6. The first-order chi connectivity index (χ1) is 11.6. The van der Waals surface area contributed by atoms with Crippen molar-refractivity contribution in [2.24, 2.45) is 11.0 Å². The minimum absolute atomic E-state index is 0.557. The minimum atomic E-state index is 0.557. The molecule has 0 radical (unpaired) electrons. The molecule has 24 heavy (non-hydrogen) atoms. The van der Waals surface area contributed by atoms with E-state index in [-0.39, 0.29) is 0 Å². The number of hydrogen-bond acceptors (Lipinski definition) is 5. The van der Waals surface area contributed by atoms with Crippen molar-refractivity contribution < 1.29 is 0 Å². The van der Waals surface area contributed by atoms with Crippen LogP contribution in [0.1, 0.15) is 26.3 Å². The number of H-pyrrole nitrogens is 1. The number of fused-ring (bicyclic) bond motifs is 1. The van der Waals surface area contributed by atoms with E-state index >= 15 is 0 Å². The van der Waals surface area contributed by atoms with E-state index in [0.717, 1.165) is 22.2 Å². The third-order valence-corrected chi connectivity index (χ3v) is 4.78. The topological polar surface area (TPSA) is 66.0 Å². The van der Waals surface area contributed by atoms with Crippen molar-refractivity contribution in [3.8, 4) is 0 Å². The average molecular weight is 339 g/mol. The molecule has 0 amide bonds. The van der Waals surface area contributed by atoms with Crippen LogP contribution in [0.15, 0.2) is 52.7 Å². The second-order valence-corrected chi connectivity index (χ2v) is 7.03. The van der Waals surface area contributed by atoms with Crippen LogP contribution in [-0.2, 0) is 0 Å². The van der Waals surface area contributed by atoms with Crippen molar-refractivity contribution in [3.05, 3.63) is 48.0 Å². The largest absolute Gasteiger partial charge is 0.245 e. The molecule has 0 aliphatic heterocycles. The second kappa shape index (κ2) is 7.49. The summed E-state index contributed by atoms with van der Waals surface area (Å²) in [6.45, 7) is 6.33. The van der Waals surface area contributed by atoms with E-state index in [4.69, 9.17) is 0 Å². The van der Waals surface area contributed by atoms with Crippen molar-refractivity contribution in [2.75, 3.05) is 11.2 Å². The number of nitrogens with one attached hydrogen (secondary N) is 2. The number of aromatic nitrogens is 3. The lowest BCUT2D eigenvalue weighted by molar-refractivity contribution is 0.748. The van der Waals surface area contributed by atoms with Crippen LogP contribution in [0.2, 0.25) is 0 Å². The molecule has 2 N–H and O–H groups in total. The number of hydrazone groups is 1. The fraction of sp³-hybridized carbons (Fsp3) is 0.278. The summed E-state index contributed by atoms with van der Waals surface area (Å²) >= 11 is 1.64. The Balaban J connectivity index is 1.69. The van der Waals surface area contributed by atoms with Gasteiger partial charge in [-0.05, 0) is 35.2 Å². The predicted octanol–water partition coefficient (Wildman–Crippen LogP) is 4.54. The van der Waals surface area contributed by atoms with Crippen LogP contribution in [0.3, 0.4) is 0 Å². The van der Waals surface area contributed by atoms with E-state index in [9.17, 15) is 0 Å². The molecule has 5 nitrogen and oxygen atoms in total. The van der Waals surface area contributed by atoms with Gasteiger partial charge in [0.25, 0.3) is 0 Å². The summed E-state index contributed by atoms with van der Waals surface area (Å²) in [6, 6.07) is 14.6. The molecular weight excluding hydrogens is 318 g/mol. The second-order valence-electron chi connectivity index (χ2n) is 6.04. The lowest BCUT2D eigenvalue weighted by Gasteiger charge is -2.03. The number of nitrogens with zero attached hydrogens (tertiary/aromatic N) is 3. The van der Waals surface area contributed by atoms with Gasteiger partial charge in [-0.1, -0.05) is 62.0 Å². The van der Waals surface area contributed by atoms with Gasteiger partial charge >= 0.3 is 0 Å². The van der Waals surface area contributed by atoms with Gasteiger partial charge in [0.05, 0.1) is 5.71 Å². The molecule has 1 heterocycles. The third-order valence-electron chi connectivity index (χ3n) is 3.51. The SMILES string of the molecule is C/C(=N/Nc1nc(SCC(C)C)n[nH]1)c1ccc2ccccc2c1. The number of rotatable bonds is 6. The highest BCUT2D eigenvalue weighted by atomic mass is 32.2. The highest BCUT2D eigenvalue weighted by molar-refractivity contribution is 7.99. The highest BCUT2D eigenvalue weighted by Gasteiger charge is 2.05. The predicted molar refractivity (Wildman–Crippen MR) is 102 cm³/mol. The molecule has 0 saturated carbocycles. The zero-order valence-electron chi connectivity index (χ0n) is 14.1. The molecule has 3 rings (SSSR count). The normalized spacial score (nSPS) is 12.1. The van der Waals surface area contributed by atoms with Crippen LogP contribution in [0, 0.1) is 5.92 Å². The number of hydrogen-bond donors (Lipinski definition) is 2. The lowest BCUT2D eigenvalue weighted by atomic mass is 10.0. The molecule has 0 aliphatic rings. The molecule has 124 valence electrons. The van der Waals surface area contributed by atoms with Crippen LogP contribution in [0.5, 0.6) is 0 Å². The molecule has 2 aromatic carbocycles. The number of anilines is 1. The molecule has 0 spiro atoms. The minimum Gasteiger partial charge on any atom is -0.245 e. The van der Waals surface area contributed by atoms with Crippen LogP contribution in [-0.4, -0.2) is 26.6 Å². The van der Waals surface area contributed by atoms with E-state index in [0.29, 0.717) is 11.9 Å². The molecule has 0 atom stereocenters. The fourth-order valence-electron chi connectivity index (χ4n) is 2.22. The van der Waals surface area contributed by atoms with Gasteiger partial charge in [-0.25, -0.2) is 10.5 Å². The van der Waals surface area contributed by atoms with Crippen LogP contribution < -0.4 is 5.43 Å². The Hall–Kier alpha value is -2.34. The third kappa shape index (κ3) is 4.14. The van der Waals surface area contributed by atoms with Gasteiger partial charge in [-0.2, -0.15) is 10.1 Å². The van der Waals surface area contributed by atoms with Crippen LogP contribution in [0.4, 0.5) is 5.95 Å². The van der Waals surface area contributed by atoms with Gasteiger partial charge in [0, 0.05) is 5.75 Å². The lowest BCUT2D eigenvalue weighted by Crippen LogP contribution is -2.00. The average Bonchev–Trinajstić information content (AvgIpc) is 3.05. The van der Waals surface area contributed by atoms with Crippen molar-refractivity contribution >= 4 is 34.2 Å². The maximum absolute atomic E-state index is 4.40. The Morgan fingerprint density at radius 1 is 1.21 bits per heavy atom. The Morgan fingerprint density at radius 3 is 2.79 bits per heavy atom. The van der Waals surface area contributed by atoms with E-state index in [1.807, 2.05) is 19.1 Å². The first-order valence-corrected chi connectivity index (χ1v) is 8.95. The maximum atomic E-state index is 4.40. The van der Waals surface area contributed by atoms with Gasteiger partial charge in [0.2, 0.25) is 11.1 Å². The summed E-state index contributed by atoms with van der Waals surface area (Å²) < 4.78 is 0. The Morgan fingerprint density at radius 2 is 2.00 bits per heavy atom. The van der Waals surface area contributed by atoms with E-state index in [2.05, 4.69) is 69.9 Å². The molecule has 0 unspecified atom stereocenters. The summed E-state index contributed by atoms with van der Waals surface area (Å²) in [6.07, 6.45) is 0. The molecule has 0 fully saturated rings.